The Morgan fingerprint density at radius 3 is 2.61 bits per heavy atom. The van der Waals surface area contributed by atoms with E-state index in [9.17, 15) is 28.0 Å². The first kappa shape index (κ1) is 28.7. The van der Waals surface area contributed by atoms with E-state index in [1.54, 1.807) is 6.07 Å². The van der Waals surface area contributed by atoms with Crippen molar-refractivity contribution in [1.29, 1.82) is 0 Å². The smallest absolute Gasteiger partial charge is 0.414 e. The molecule has 3 unspecified atom stereocenters. The number of ketones is 1. The van der Waals surface area contributed by atoms with Crippen molar-refractivity contribution in [3.63, 3.8) is 0 Å². The van der Waals surface area contributed by atoms with Crippen molar-refractivity contribution in [2.75, 3.05) is 13.1 Å². The van der Waals surface area contributed by atoms with Crippen LogP contribution in [0.4, 0.5) is 4.79 Å². The lowest BCUT2D eigenvalue weighted by atomic mass is 10.0. The average Bonchev–Trinajstić information content (AvgIpc) is 3.65. The SMILES string of the molecule is CC(C)CC(NC(=O)Oc1ccc(-c2ccccc2)s1)C(=O)N1CCC2C1C(=O)CN2S(=O)(=O)c1ccc[n+]([O-])c1. The number of thiophene rings is 1. The number of carbonyl (C=O) groups is 3. The Kier molecular flexibility index (Phi) is 8.11. The molecule has 13 heteroatoms. The average molecular weight is 599 g/mol. The largest absolute Gasteiger partial charge is 0.619 e. The van der Waals surface area contributed by atoms with Crippen molar-refractivity contribution in [3.8, 4) is 15.5 Å². The number of benzene rings is 1. The first-order chi connectivity index (χ1) is 19.5. The van der Waals surface area contributed by atoms with Gasteiger partial charge in [-0.25, -0.2) is 13.2 Å². The van der Waals surface area contributed by atoms with Gasteiger partial charge in [0.05, 0.1) is 12.6 Å². The number of Topliss-reactive ketones (excluding diaryl/α,β-unsaturated/α-hetero) is 1. The van der Waals surface area contributed by atoms with Crippen LogP contribution in [0.5, 0.6) is 5.06 Å². The molecule has 5 rings (SSSR count). The van der Waals surface area contributed by atoms with Crippen molar-refractivity contribution < 1.29 is 32.3 Å². The highest BCUT2D eigenvalue weighted by Crippen LogP contribution is 2.35. The fourth-order valence-electron chi connectivity index (χ4n) is 5.35. The maximum Gasteiger partial charge on any atom is 0.414 e. The number of hydrogen-bond acceptors (Lipinski definition) is 8. The lowest BCUT2D eigenvalue weighted by Gasteiger charge is -2.28. The summed E-state index contributed by atoms with van der Waals surface area (Å²) in [5, 5.41) is 14.7. The molecule has 11 nitrogen and oxygen atoms in total. The van der Waals surface area contributed by atoms with Gasteiger partial charge in [0, 0.05) is 17.5 Å². The summed E-state index contributed by atoms with van der Waals surface area (Å²) in [6.07, 6.45) is 1.86. The Hall–Kier alpha value is -3.81. The standard InChI is InChI=1S/C28H30N4O7S2/c1-18(2)15-21(29-28(35)39-25-11-10-24(40-25)19-7-4-3-5-8-19)27(34)31-14-12-22-26(31)23(33)17-32(22)41(37,38)20-9-6-13-30(36)16-20/h3-11,13,16,18,21-22,26H,12,14-15,17H2,1-2H3,(H,29,35). The van der Waals surface area contributed by atoms with Gasteiger partial charge in [0.2, 0.25) is 15.9 Å². The second kappa shape index (κ2) is 11.6. The first-order valence-corrected chi connectivity index (χ1v) is 15.5. The van der Waals surface area contributed by atoms with Crippen LogP contribution in [0.25, 0.3) is 10.4 Å². The predicted octanol–water partition coefficient (Wildman–Crippen LogP) is 2.79. The van der Waals surface area contributed by atoms with Crippen LogP contribution in [0.3, 0.4) is 0 Å². The molecule has 216 valence electrons. The highest BCUT2D eigenvalue weighted by Gasteiger charge is 2.54. The third-order valence-electron chi connectivity index (χ3n) is 7.15. The van der Waals surface area contributed by atoms with E-state index in [2.05, 4.69) is 5.32 Å². The summed E-state index contributed by atoms with van der Waals surface area (Å²) in [6, 6.07) is 13.1. The minimum atomic E-state index is -4.14. The number of pyridine rings is 1. The molecular weight excluding hydrogens is 568 g/mol. The van der Waals surface area contributed by atoms with E-state index >= 15 is 0 Å². The van der Waals surface area contributed by atoms with Crippen LogP contribution < -0.4 is 14.8 Å². The maximum atomic E-state index is 13.7. The molecule has 0 bridgehead atoms. The number of aromatic nitrogens is 1. The normalized spacial score (nSPS) is 19.8. The summed E-state index contributed by atoms with van der Waals surface area (Å²) in [4.78, 5) is 41.7. The number of sulfonamides is 1. The number of rotatable bonds is 8. The summed E-state index contributed by atoms with van der Waals surface area (Å²) in [6.45, 7) is 3.56. The number of nitrogens with zero attached hydrogens (tertiary/aromatic N) is 3. The van der Waals surface area contributed by atoms with Crippen molar-refractivity contribution in [1.82, 2.24) is 14.5 Å². The van der Waals surface area contributed by atoms with Crippen LogP contribution in [0.15, 0.2) is 71.9 Å². The van der Waals surface area contributed by atoms with Crippen LogP contribution in [0.2, 0.25) is 0 Å². The Bertz CT molecular complexity index is 1560. The fraction of sp³-hybridized carbons (Fsp3) is 0.357. The third kappa shape index (κ3) is 5.97. The van der Waals surface area contributed by atoms with Gasteiger partial charge in [0.1, 0.15) is 17.0 Å². The van der Waals surface area contributed by atoms with Crippen LogP contribution in [-0.4, -0.2) is 66.6 Å². The summed E-state index contributed by atoms with van der Waals surface area (Å²) >= 11 is 1.30. The van der Waals surface area contributed by atoms with E-state index in [4.69, 9.17) is 4.74 Å². The summed E-state index contributed by atoms with van der Waals surface area (Å²) < 4.78 is 33.5. The molecule has 2 fully saturated rings. The molecule has 1 aromatic carbocycles. The van der Waals surface area contributed by atoms with Gasteiger partial charge in [-0.15, -0.1) is 0 Å². The number of fused-ring (bicyclic) bond motifs is 1. The second-order valence-electron chi connectivity index (χ2n) is 10.4. The molecule has 0 radical (unpaired) electrons. The fourth-order valence-corrected chi connectivity index (χ4v) is 7.84. The van der Waals surface area contributed by atoms with E-state index in [1.807, 2.05) is 50.2 Å². The van der Waals surface area contributed by atoms with Crippen molar-refractivity contribution in [3.05, 3.63) is 72.2 Å². The summed E-state index contributed by atoms with van der Waals surface area (Å²) in [5.41, 5.74) is 0.987. The highest BCUT2D eigenvalue weighted by molar-refractivity contribution is 7.89. The molecule has 3 atom stereocenters. The maximum absolute atomic E-state index is 13.7. The number of likely N-dealkylation sites (tertiary alicyclic amines) is 1. The second-order valence-corrected chi connectivity index (χ2v) is 13.4. The molecule has 0 spiro atoms. The van der Waals surface area contributed by atoms with E-state index in [0.717, 1.165) is 20.9 Å². The first-order valence-electron chi connectivity index (χ1n) is 13.2. The lowest BCUT2D eigenvalue weighted by Crippen LogP contribution is -2.53. The van der Waals surface area contributed by atoms with Gasteiger partial charge in [0.25, 0.3) is 0 Å². The summed E-state index contributed by atoms with van der Waals surface area (Å²) in [5.74, 6) is -0.848. The Morgan fingerprint density at radius 2 is 1.90 bits per heavy atom. The number of ether oxygens (including phenoxy) is 1. The minimum absolute atomic E-state index is 0.0297. The molecule has 3 aromatic rings. The molecule has 0 saturated carbocycles. The van der Waals surface area contributed by atoms with Gasteiger partial charge in [-0.2, -0.15) is 9.04 Å². The molecule has 4 heterocycles. The molecule has 2 amide bonds. The molecule has 2 aliphatic heterocycles. The van der Waals surface area contributed by atoms with Gasteiger partial charge in [-0.05, 0) is 42.5 Å². The van der Waals surface area contributed by atoms with Crippen molar-refractivity contribution >= 4 is 39.1 Å². The van der Waals surface area contributed by atoms with Gasteiger partial charge in [-0.1, -0.05) is 55.5 Å². The molecular formula is C28H30N4O7S2. The van der Waals surface area contributed by atoms with E-state index in [-0.39, 0.29) is 23.8 Å². The zero-order valence-corrected chi connectivity index (χ0v) is 24.1. The Labute approximate surface area is 242 Å². The van der Waals surface area contributed by atoms with Crippen molar-refractivity contribution in [2.24, 2.45) is 5.92 Å². The third-order valence-corrected chi connectivity index (χ3v) is 10.0. The Morgan fingerprint density at radius 1 is 1.15 bits per heavy atom. The van der Waals surface area contributed by atoms with Crippen molar-refractivity contribution in [2.45, 2.75) is 49.7 Å². The van der Waals surface area contributed by atoms with E-state index in [1.165, 1.54) is 34.6 Å². The predicted molar refractivity (Wildman–Crippen MR) is 150 cm³/mol. The van der Waals surface area contributed by atoms with Crippen LogP contribution in [0.1, 0.15) is 26.7 Å². The van der Waals surface area contributed by atoms with Gasteiger partial charge in [0.15, 0.2) is 23.2 Å². The number of nitrogens with one attached hydrogen (secondary N) is 1. The molecule has 2 saturated heterocycles. The lowest BCUT2D eigenvalue weighted by molar-refractivity contribution is -0.607. The topological polar surface area (TPSA) is 140 Å². The van der Waals surface area contributed by atoms with Crippen LogP contribution in [-0.2, 0) is 19.6 Å². The van der Waals surface area contributed by atoms with Gasteiger partial charge < -0.3 is 20.2 Å². The molecule has 0 aliphatic carbocycles. The van der Waals surface area contributed by atoms with Gasteiger partial charge in [-0.3, -0.25) is 9.59 Å². The van der Waals surface area contributed by atoms with Crippen LogP contribution >= 0.6 is 11.3 Å². The quantitative estimate of drug-likeness (QED) is 0.311. The van der Waals surface area contributed by atoms with E-state index < -0.39 is 52.5 Å². The summed E-state index contributed by atoms with van der Waals surface area (Å²) in [7, 11) is -4.14. The Balaban J connectivity index is 1.29. The van der Waals surface area contributed by atoms with E-state index in [0.29, 0.717) is 16.2 Å². The molecule has 2 aromatic heterocycles. The molecule has 1 N–H and O–H groups in total. The zero-order chi connectivity index (χ0) is 29.3. The minimum Gasteiger partial charge on any atom is -0.619 e. The van der Waals surface area contributed by atoms with Gasteiger partial charge >= 0.3 is 6.09 Å². The number of hydrogen-bond donors (Lipinski definition) is 1. The highest BCUT2D eigenvalue weighted by atomic mass is 32.2. The number of amides is 2. The zero-order valence-electron chi connectivity index (χ0n) is 22.5. The molecule has 2 aliphatic rings. The van der Waals surface area contributed by atoms with Crippen LogP contribution in [0, 0.1) is 11.1 Å². The monoisotopic (exact) mass is 598 g/mol. The number of carbonyl (C=O) groups excluding carboxylic acids is 3. The molecule has 41 heavy (non-hydrogen) atoms.